The molecular formula is C17H13N3O2S. The van der Waals surface area contributed by atoms with Crippen molar-refractivity contribution in [2.24, 2.45) is 0 Å². The van der Waals surface area contributed by atoms with E-state index >= 15 is 0 Å². The number of hydrogen-bond acceptors (Lipinski definition) is 4. The minimum Gasteiger partial charge on any atom is -0.268 e. The molecule has 3 rings (SSSR count). The van der Waals surface area contributed by atoms with Crippen LogP contribution >= 0.6 is 11.3 Å². The van der Waals surface area contributed by atoms with E-state index in [1.807, 2.05) is 36.4 Å². The number of carbonyl (C=O) groups excluding carboxylic acids is 2. The number of fused-ring (bicyclic) bond motifs is 1. The number of nitrogens with one attached hydrogen (secondary N) is 2. The summed E-state index contributed by atoms with van der Waals surface area (Å²) in [5.74, 6) is -0.768. The Hall–Kier alpha value is -2.99. The van der Waals surface area contributed by atoms with Crippen LogP contribution in [0.5, 0.6) is 0 Å². The lowest BCUT2D eigenvalue weighted by molar-refractivity contribution is -0.117. The largest absolute Gasteiger partial charge is 0.279 e. The number of aromatic nitrogens is 1. The van der Waals surface area contributed by atoms with Gasteiger partial charge in [0.1, 0.15) is 0 Å². The van der Waals surface area contributed by atoms with Gasteiger partial charge in [-0.15, -0.1) is 11.3 Å². The number of para-hydroxylation sites is 1. The molecule has 0 saturated heterocycles. The molecule has 0 saturated carbocycles. The van der Waals surface area contributed by atoms with E-state index in [2.05, 4.69) is 15.8 Å². The third-order valence-electron chi connectivity index (χ3n) is 3.07. The fourth-order valence-electron chi connectivity index (χ4n) is 1.97. The summed E-state index contributed by atoms with van der Waals surface area (Å²) >= 11 is 1.30. The molecule has 0 bridgehead atoms. The van der Waals surface area contributed by atoms with Crippen molar-refractivity contribution in [1.29, 1.82) is 0 Å². The van der Waals surface area contributed by atoms with Crippen molar-refractivity contribution in [3.63, 3.8) is 0 Å². The average molecular weight is 323 g/mol. The lowest BCUT2D eigenvalue weighted by atomic mass is 10.2. The standard InChI is InChI=1S/C17H13N3O2S/c21-16(19-20-17(22)15-6-3-11-23-15)10-9-13-8-7-12-4-1-2-5-14(12)18-13/h1-11H,(H,19,21)(H,20,22). The van der Waals surface area contributed by atoms with Gasteiger partial charge in [-0.1, -0.05) is 30.3 Å². The highest BCUT2D eigenvalue weighted by molar-refractivity contribution is 7.12. The molecule has 114 valence electrons. The van der Waals surface area contributed by atoms with Crippen LogP contribution in [-0.4, -0.2) is 16.8 Å². The SMILES string of the molecule is O=C(C=Cc1ccc2ccccc2n1)NNC(=O)c1cccs1. The first-order valence-electron chi connectivity index (χ1n) is 6.90. The van der Waals surface area contributed by atoms with Crippen molar-refractivity contribution in [1.82, 2.24) is 15.8 Å². The number of hydrogen-bond donors (Lipinski definition) is 2. The summed E-state index contributed by atoms with van der Waals surface area (Å²) in [4.78, 5) is 28.4. The molecule has 2 heterocycles. The molecule has 5 nitrogen and oxygen atoms in total. The number of rotatable bonds is 3. The summed E-state index contributed by atoms with van der Waals surface area (Å²) in [6.45, 7) is 0. The number of carbonyl (C=O) groups is 2. The predicted octanol–water partition coefficient (Wildman–Crippen LogP) is 2.77. The van der Waals surface area contributed by atoms with Gasteiger partial charge >= 0.3 is 0 Å². The summed E-state index contributed by atoms with van der Waals surface area (Å²) in [5, 5.41) is 2.83. The summed E-state index contributed by atoms with van der Waals surface area (Å²) in [6, 6.07) is 15.0. The molecule has 23 heavy (non-hydrogen) atoms. The van der Waals surface area contributed by atoms with Crippen LogP contribution in [0.3, 0.4) is 0 Å². The van der Waals surface area contributed by atoms with E-state index < -0.39 is 5.91 Å². The lowest BCUT2D eigenvalue weighted by Crippen LogP contribution is -2.40. The van der Waals surface area contributed by atoms with Crippen molar-refractivity contribution in [2.75, 3.05) is 0 Å². The van der Waals surface area contributed by atoms with Crippen LogP contribution in [0.4, 0.5) is 0 Å². The molecule has 2 amide bonds. The molecule has 0 radical (unpaired) electrons. The van der Waals surface area contributed by atoms with Crippen LogP contribution in [0.1, 0.15) is 15.4 Å². The number of nitrogens with zero attached hydrogens (tertiary/aromatic N) is 1. The smallest absolute Gasteiger partial charge is 0.268 e. The van der Waals surface area contributed by atoms with Crippen LogP contribution in [-0.2, 0) is 4.79 Å². The topological polar surface area (TPSA) is 71.1 Å². The third kappa shape index (κ3) is 3.81. The first kappa shape index (κ1) is 14.9. The average Bonchev–Trinajstić information content (AvgIpc) is 3.12. The first-order valence-corrected chi connectivity index (χ1v) is 7.78. The Labute approximate surface area is 136 Å². The Bertz CT molecular complexity index is 872. The van der Waals surface area contributed by atoms with Crippen LogP contribution in [0.25, 0.3) is 17.0 Å². The van der Waals surface area contributed by atoms with Gasteiger partial charge in [0.25, 0.3) is 11.8 Å². The molecular weight excluding hydrogens is 310 g/mol. The number of amides is 2. The number of hydrazine groups is 1. The zero-order chi connectivity index (χ0) is 16.1. The molecule has 0 aliphatic carbocycles. The second-order valence-electron chi connectivity index (χ2n) is 4.68. The third-order valence-corrected chi connectivity index (χ3v) is 3.94. The molecule has 2 N–H and O–H groups in total. The molecule has 2 aromatic heterocycles. The molecule has 0 aliphatic heterocycles. The monoisotopic (exact) mass is 323 g/mol. The van der Waals surface area contributed by atoms with Crippen LogP contribution in [0, 0.1) is 0 Å². The second-order valence-corrected chi connectivity index (χ2v) is 5.63. The fraction of sp³-hybridized carbons (Fsp3) is 0. The zero-order valence-corrected chi connectivity index (χ0v) is 12.8. The quantitative estimate of drug-likeness (QED) is 0.575. The summed E-state index contributed by atoms with van der Waals surface area (Å²) in [5.41, 5.74) is 6.21. The number of thiophene rings is 1. The minimum absolute atomic E-state index is 0.342. The highest BCUT2D eigenvalue weighted by atomic mass is 32.1. The maximum Gasteiger partial charge on any atom is 0.279 e. The van der Waals surface area contributed by atoms with E-state index in [-0.39, 0.29) is 5.91 Å². The molecule has 3 aromatic rings. The Balaban J connectivity index is 1.60. The second kappa shape index (κ2) is 6.85. The van der Waals surface area contributed by atoms with Gasteiger partial charge < -0.3 is 0 Å². The van der Waals surface area contributed by atoms with E-state index in [4.69, 9.17) is 0 Å². The lowest BCUT2D eigenvalue weighted by Gasteiger charge is -2.03. The van der Waals surface area contributed by atoms with Gasteiger partial charge in [-0.3, -0.25) is 20.4 Å². The van der Waals surface area contributed by atoms with Crippen molar-refractivity contribution < 1.29 is 9.59 Å². The van der Waals surface area contributed by atoms with Gasteiger partial charge in [-0.25, -0.2) is 4.98 Å². The van der Waals surface area contributed by atoms with Gasteiger partial charge in [0.2, 0.25) is 0 Å². The van der Waals surface area contributed by atoms with Crippen LogP contribution in [0.15, 0.2) is 60.0 Å². The molecule has 6 heteroatoms. The van der Waals surface area contributed by atoms with Crippen molar-refractivity contribution in [2.45, 2.75) is 0 Å². The van der Waals surface area contributed by atoms with E-state index in [0.717, 1.165) is 10.9 Å². The molecule has 1 aromatic carbocycles. The van der Waals surface area contributed by atoms with Crippen molar-refractivity contribution >= 4 is 40.1 Å². The highest BCUT2D eigenvalue weighted by Gasteiger charge is 2.06. The van der Waals surface area contributed by atoms with Gasteiger partial charge in [0, 0.05) is 11.5 Å². The van der Waals surface area contributed by atoms with Gasteiger partial charge in [0.05, 0.1) is 16.1 Å². The van der Waals surface area contributed by atoms with E-state index in [1.54, 1.807) is 23.6 Å². The Morgan fingerprint density at radius 3 is 2.70 bits per heavy atom. The number of pyridine rings is 1. The van der Waals surface area contributed by atoms with Crippen LogP contribution in [0.2, 0.25) is 0 Å². The maximum atomic E-state index is 11.7. The van der Waals surface area contributed by atoms with E-state index in [9.17, 15) is 9.59 Å². The van der Waals surface area contributed by atoms with Crippen molar-refractivity contribution in [3.8, 4) is 0 Å². The molecule has 0 atom stereocenters. The predicted molar refractivity (Wildman–Crippen MR) is 90.7 cm³/mol. The summed E-state index contributed by atoms with van der Waals surface area (Å²) < 4.78 is 0. The van der Waals surface area contributed by atoms with Gasteiger partial charge in [0.15, 0.2) is 0 Å². The minimum atomic E-state index is -0.426. The number of benzene rings is 1. The van der Waals surface area contributed by atoms with Crippen LogP contribution < -0.4 is 10.9 Å². The fourth-order valence-corrected chi connectivity index (χ4v) is 2.58. The van der Waals surface area contributed by atoms with Gasteiger partial charge in [-0.05, 0) is 29.7 Å². The summed E-state index contributed by atoms with van der Waals surface area (Å²) in [6.07, 6.45) is 2.92. The van der Waals surface area contributed by atoms with E-state index in [1.165, 1.54) is 17.4 Å². The zero-order valence-electron chi connectivity index (χ0n) is 12.0. The first-order chi connectivity index (χ1) is 11.2. The van der Waals surface area contributed by atoms with E-state index in [0.29, 0.717) is 10.6 Å². The molecule has 0 aliphatic rings. The maximum absolute atomic E-state index is 11.7. The normalized spacial score (nSPS) is 10.8. The summed E-state index contributed by atoms with van der Waals surface area (Å²) in [7, 11) is 0. The van der Waals surface area contributed by atoms with Gasteiger partial charge in [-0.2, -0.15) is 0 Å². The molecule has 0 spiro atoms. The Kier molecular flexibility index (Phi) is 4.44. The molecule has 0 fully saturated rings. The molecule has 0 unspecified atom stereocenters. The Morgan fingerprint density at radius 2 is 1.87 bits per heavy atom. The highest BCUT2D eigenvalue weighted by Crippen LogP contribution is 2.12. The van der Waals surface area contributed by atoms with Crippen molar-refractivity contribution in [3.05, 3.63) is 70.6 Å². The Morgan fingerprint density at radius 1 is 1.00 bits per heavy atom.